The average molecular weight is 590 g/mol. The van der Waals surface area contributed by atoms with E-state index in [0.717, 1.165) is 21.5 Å². The number of carbonyl (C=O) groups is 3. The molecule has 6 heteroatoms. The molecule has 0 aliphatic heterocycles. The van der Waals surface area contributed by atoms with Crippen molar-refractivity contribution in [1.29, 1.82) is 0 Å². The van der Waals surface area contributed by atoms with Crippen molar-refractivity contribution in [1.82, 2.24) is 5.32 Å². The molecule has 0 saturated carbocycles. The van der Waals surface area contributed by atoms with Crippen LogP contribution >= 0.6 is 0 Å². The monoisotopic (exact) mass is 589 g/mol. The summed E-state index contributed by atoms with van der Waals surface area (Å²) in [6.07, 6.45) is 5.51. The molecule has 6 nitrogen and oxygen atoms in total. The van der Waals surface area contributed by atoms with Crippen molar-refractivity contribution < 1.29 is 23.9 Å². The summed E-state index contributed by atoms with van der Waals surface area (Å²) in [7, 11) is 0. The molecule has 0 radical (unpaired) electrons. The Morgan fingerprint density at radius 1 is 0.600 bits per heavy atom. The smallest absolute Gasteiger partial charge is 0.343 e. The first kappa shape index (κ1) is 28.9. The van der Waals surface area contributed by atoms with E-state index in [0.29, 0.717) is 28.0 Å². The van der Waals surface area contributed by atoms with E-state index >= 15 is 0 Å². The molecule has 6 aromatic carbocycles. The second kappa shape index (κ2) is 13.0. The number of carbonyl (C=O) groups excluding carboxylic acids is 3. The van der Waals surface area contributed by atoms with Crippen LogP contribution < -0.4 is 14.8 Å². The molecule has 0 bridgehead atoms. The van der Waals surface area contributed by atoms with Gasteiger partial charge in [-0.05, 0) is 57.9 Å². The number of ether oxygens (including phenoxy) is 2. The van der Waals surface area contributed by atoms with Gasteiger partial charge < -0.3 is 14.8 Å². The summed E-state index contributed by atoms with van der Waals surface area (Å²) in [6.45, 7) is 0. The van der Waals surface area contributed by atoms with Gasteiger partial charge in [-0.3, -0.25) is 4.79 Å². The topological polar surface area (TPSA) is 81.7 Å². The highest BCUT2D eigenvalue weighted by atomic mass is 16.5. The van der Waals surface area contributed by atoms with Crippen molar-refractivity contribution in [3.63, 3.8) is 0 Å². The zero-order valence-electron chi connectivity index (χ0n) is 24.1. The van der Waals surface area contributed by atoms with Crippen LogP contribution in [-0.2, 0) is 4.79 Å². The average Bonchev–Trinajstić information content (AvgIpc) is 3.09. The van der Waals surface area contributed by atoms with Crippen LogP contribution in [0, 0.1) is 12.3 Å². The van der Waals surface area contributed by atoms with Crippen molar-refractivity contribution in [3.8, 4) is 35.0 Å². The lowest BCUT2D eigenvalue weighted by molar-refractivity contribution is -0.136. The predicted molar refractivity (Wildman–Crippen MR) is 175 cm³/mol. The Bertz CT molecular complexity index is 2080. The lowest BCUT2D eigenvalue weighted by Gasteiger charge is -2.20. The van der Waals surface area contributed by atoms with Crippen LogP contribution in [0.2, 0.25) is 0 Å². The molecule has 0 saturated heterocycles. The van der Waals surface area contributed by atoms with Crippen LogP contribution in [0.1, 0.15) is 27.1 Å². The van der Waals surface area contributed by atoms with Gasteiger partial charge in [-0.2, -0.15) is 0 Å². The Hall–Kier alpha value is -6.19. The number of rotatable bonds is 8. The van der Waals surface area contributed by atoms with E-state index in [1.807, 2.05) is 66.7 Å². The fourth-order valence-corrected chi connectivity index (χ4v) is 5.24. The van der Waals surface area contributed by atoms with Crippen LogP contribution in [0.3, 0.4) is 0 Å². The highest BCUT2D eigenvalue weighted by Gasteiger charge is 2.26. The van der Waals surface area contributed by atoms with Crippen LogP contribution in [-0.4, -0.2) is 23.9 Å². The van der Waals surface area contributed by atoms with Crippen molar-refractivity contribution in [2.75, 3.05) is 0 Å². The molecule has 218 valence electrons. The van der Waals surface area contributed by atoms with Gasteiger partial charge in [0.2, 0.25) is 0 Å². The maximum Gasteiger partial charge on any atom is 0.343 e. The Balaban J connectivity index is 1.47. The molecular formula is C39H27NO5. The summed E-state index contributed by atoms with van der Waals surface area (Å²) in [5.41, 5.74) is 1.92. The van der Waals surface area contributed by atoms with Gasteiger partial charge in [-0.15, -0.1) is 12.3 Å². The number of hydrogen-bond acceptors (Lipinski definition) is 5. The van der Waals surface area contributed by atoms with Crippen LogP contribution in [0.5, 0.6) is 11.5 Å². The Morgan fingerprint density at radius 2 is 1.09 bits per heavy atom. The molecule has 1 amide bonds. The quantitative estimate of drug-likeness (QED) is 0.112. The molecule has 0 heterocycles. The zero-order valence-corrected chi connectivity index (χ0v) is 24.1. The van der Waals surface area contributed by atoms with Gasteiger partial charge in [0.05, 0.1) is 5.56 Å². The molecule has 45 heavy (non-hydrogen) atoms. The first-order valence-corrected chi connectivity index (χ1v) is 14.4. The summed E-state index contributed by atoms with van der Waals surface area (Å²) in [5.74, 6) is 1.29. The standard InChI is InChI=1S/C39H27NO5/c1-2-13-32(40-37(41)28-16-5-3-6-17-28)39(43)45-34-25-23-27-15-10-12-21-31(27)36(34)35-30-20-11-9-14-26(30)22-24-33(35)44-38(42)29-18-7-4-8-19-29/h1,3-12,14-25,32H,13H2,(H,40,41)/t32-/m1/s1. The molecule has 0 fully saturated rings. The van der Waals surface area contributed by atoms with Gasteiger partial charge in [-0.25, -0.2) is 9.59 Å². The van der Waals surface area contributed by atoms with E-state index in [9.17, 15) is 14.4 Å². The van der Waals surface area contributed by atoms with E-state index in [4.69, 9.17) is 15.9 Å². The van der Waals surface area contributed by atoms with Gasteiger partial charge in [0.15, 0.2) is 0 Å². The summed E-state index contributed by atoms with van der Waals surface area (Å²) < 4.78 is 12.1. The van der Waals surface area contributed by atoms with Crippen LogP contribution in [0.15, 0.2) is 133 Å². The number of benzene rings is 6. The summed E-state index contributed by atoms with van der Waals surface area (Å²) in [6, 6.07) is 38.7. The van der Waals surface area contributed by atoms with E-state index in [-0.39, 0.29) is 12.2 Å². The Kier molecular flexibility index (Phi) is 8.34. The summed E-state index contributed by atoms with van der Waals surface area (Å²) >= 11 is 0. The minimum absolute atomic E-state index is 0.0749. The lowest BCUT2D eigenvalue weighted by Crippen LogP contribution is -2.42. The van der Waals surface area contributed by atoms with Crippen molar-refractivity contribution in [2.45, 2.75) is 12.5 Å². The second-order valence-electron chi connectivity index (χ2n) is 10.3. The normalized spacial score (nSPS) is 11.4. The molecule has 6 aromatic rings. The first-order valence-electron chi connectivity index (χ1n) is 14.4. The van der Waals surface area contributed by atoms with Crippen LogP contribution in [0.4, 0.5) is 0 Å². The number of fused-ring (bicyclic) bond motifs is 2. The van der Waals surface area contributed by atoms with E-state index in [1.165, 1.54) is 0 Å². The van der Waals surface area contributed by atoms with Gasteiger partial charge in [0.1, 0.15) is 17.5 Å². The molecule has 0 aliphatic rings. The van der Waals surface area contributed by atoms with E-state index in [1.54, 1.807) is 66.7 Å². The number of amides is 1. The van der Waals surface area contributed by atoms with Gasteiger partial charge in [-0.1, -0.05) is 97.1 Å². The predicted octanol–water partition coefficient (Wildman–Crippen LogP) is 7.61. The molecule has 0 spiro atoms. The third-order valence-corrected chi connectivity index (χ3v) is 7.40. The zero-order chi connectivity index (χ0) is 31.2. The van der Waals surface area contributed by atoms with E-state index in [2.05, 4.69) is 11.2 Å². The van der Waals surface area contributed by atoms with Gasteiger partial charge in [0, 0.05) is 23.1 Å². The minimum Gasteiger partial charge on any atom is -0.424 e. The number of nitrogens with one attached hydrogen (secondary N) is 1. The first-order chi connectivity index (χ1) is 22.0. The maximum absolute atomic E-state index is 13.7. The summed E-state index contributed by atoms with van der Waals surface area (Å²) in [5, 5.41) is 6.07. The lowest BCUT2D eigenvalue weighted by atomic mass is 9.92. The number of esters is 2. The molecular weight excluding hydrogens is 562 g/mol. The molecule has 0 unspecified atom stereocenters. The third-order valence-electron chi connectivity index (χ3n) is 7.40. The SMILES string of the molecule is C#CC[C@@H](NC(=O)c1ccccc1)C(=O)Oc1ccc2ccccc2c1-c1c(OC(=O)c2ccccc2)ccc2ccccc12. The molecule has 0 aromatic heterocycles. The maximum atomic E-state index is 13.7. The number of hydrogen-bond donors (Lipinski definition) is 1. The second-order valence-corrected chi connectivity index (χ2v) is 10.3. The van der Waals surface area contributed by atoms with Crippen molar-refractivity contribution >= 4 is 39.4 Å². The highest BCUT2D eigenvalue weighted by molar-refractivity contribution is 6.11. The Morgan fingerprint density at radius 3 is 1.64 bits per heavy atom. The minimum atomic E-state index is -1.11. The van der Waals surface area contributed by atoms with Gasteiger partial charge >= 0.3 is 11.9 Å². The molecule has 1 atom stereocenters. The Labute approximate surface area is 260 Å². The fourth-order valence-electron chi connectivity index (χ4n) is 5.24. The van der Waals surface area contributed by atoms with Crippen molar-refractivity contribution in [2.24, 2.45) is 0 Å². The largest absolute Gasteiger partial charge is 0.424 e. The number of terminal acetylenes is 1. The molecule has 1 N–H and O–H groups in total. The van der Waals surface area contributed by atoms with E-state index < -0.39 is 23.9 Å². The highest BCUT2D eigenvalue weighted by Crippen LogP contribution is 2.45. The van der Waals surface area contributed by atoms with Crippen LogP contribution in [0.25, 0.3) is 32.7 Å². The molecule has 6 rings (SSSR count). The van der Waals surface area contributed by atoms with Crippen molar-refractivity contribution in [3.05, 3.63) is 145 Å². The summed E-state index contributed by atoms with van der Waals surface area (Å²) in [4.78, 5) is 39.9. The fraction of sp³-hybridized carbons (Fsp3) is 0.0513. The van der Waals surface area contributed by atoms with Gasteiger partial charge in [0.25, 0.3) is 5.91 Å². The third kappa shape index (κ3) is 6.15. The molecule has 0 aliphatic carbocycles.